The van der Waals surface area contributed by atoms with Crippen LogP contribution >= 0.6 is 11.8 Å². The minimum Gasteiger partial charge on any atom is -0.268 e. The predicted molar refractivity (Wildman–Crippen MR) is 127 cm³/mol. The number of aryl methyl sites for hydroxylation is 2. The fourth-order valence-electron chi connectivity index (χ4n) is 3.63. The number of thioether (sulfide) groups is 1. The van der Waals surface area contributed by atoms with Crippen molar-refractivity contribution >= 4 is 34.9 Å². The quantitative estimate of drug-likeness (QED) is 0.559. The standard InChI is InChI=1S/C25H23N3O3S/c1-16-8-7-9-19(12-16)15-27-24(30)22(32-25(27)31)14-21-13-17(2)28(18(21)3)26-23(29)20-10-5-4-6-11-20/h4-14H,15H2,1-3H3,(H,26,29)/b22-14-. The lowest BCUT2D eigenvalue weighted by molar-refractivity contribution is -0.123. The second kappa shape index (κ2) is 8.88. The van der Waals surface area contributed by atoms with Gasteiger partial charge in [-0.2, -0.15) is 0 Å². The highest BCUT2D eigenvalue weighted by molar-refractivity contribution is 8.18. The van der Waals surface area contributed by atoms with Gasteiger partial charge in [0, 0.05) is 17.0 Å². The first-order valence-corrected chi connectivity index (χ1v) is 11.0. The summed E-state index contributed by atoms with van der Waals surface area (Å²) in [5.41, 5.74) is 7.80. The number of carbonyl (C=O) groups excluding carboxylic acids is 3. The van der Waals surface area contributed by atoms with E-state index in [9.17, 15) is 14.4 Å². The van der Waals surface area contributed by atoms with Gasteiger partial charge in [-0.25, -0.2) is 0 Å². The smallest absolute Gasteiger partial charge is 0.268 e. The second-order valence-electron chi connectivity index (χ2n) is 7.73. The van der Waals surface area contributed by atoms with Crippen molar-refractivity contribution < 1.29 is 14.4 Å². The number of aromatic nitrogens is 1. The zero-order valence-electron chi connectivity index (χ0n) is 18.1. The average Bonchev–Trinajstić information content (AvgIpc) is 3.19. The Balaban J connectivity index is 1.55. The Morgan fingerprint density at radius 3 is 2.47 bits per heavy atom. The van der Waals surface area contributed by atoms with Gasteiger partial charge in [0.15, 0.2) is 0 Å². The molecule has 2 heterocycles. The number of amides is 3. The first-order chi connectivity index (χ1) is 15.3. The van der Waals surface area contributed by atoms with Gasteiger partial charge in [-0.3, -0.25) is 29.4 Å². The van der Waals surface area contributed by atoms with Crippen molar-refractivity contribution in [1.82, 2.24) is 9.58 Å². The minimum absolute atomic E-state index is 0.225. The molecule has 6 nitrogen and oxygen atoms in total. The van der Waals surface area contributed by atoms with Gasteiger partial charge in [-0.15, -0.1) is 0 Å². The normalized spacial score (nSPS) is 15.0. The SMILES string of the molecule is Cc1cccc(CN2C(=O)S/C(=C\c3cc(C)n(NC(=O)c4ccccc4)c3C)C2=O)c1. The molecule has 0 saturated carbocycles. The summed E-state index contributed by atoms with van der Waals surface area (Å²) in [4.78, 5) is 39.6. The highest BCUT2D eigenvalue weighted by atomic mass is 32.2. The zero-order chi connectivity index (χ0) is 22.8. The molecule has 2 aromatic carbocycles. The average molecular weight is 446 g/mol. The molecule has 1 aliphatic rings. The Labute approximate surface area is 190 Å². The molecule has 0 bridgehead atoms. The second-order valence-corrected chi connectivity index (χ2v) is 8.72. The summed E-state index contributed by atoms with van der Waals surface area (Å²) in [6, 6.07) is 18.6. The molecule has 4 rings (SSSR count). The van der Waals surface area contributed by atoms with Gasteiger partial charge in [0.25, 0.3) is 17.1 Å². The highest BCUT2D eigenvalue weighted by Gasteiger charge is 2.35. The molecule has 0 atom stereocenters. The van der Waals surface area contributed by atoms with Crippen LogP contribution in [0.15, 0.2) is 65.6 Å². The lowest BCUT2D eigenvalue weighted by atomic mass is 10.1. The van der Waals surface area contributed by atoms with Gasteiger partial charge < -0.3 is 0 Å². The maximum Gasteiger partial charge on any atom is 0.293 e. The van der Waals surface area contributed by atoms with Crippen LogP contribution in [0.3, 0.4) is 0 Å². The molecular weight excluding hydrogens is 422 g/mol. The molecule has 1 fully saturated rings. The van der Waals surface area contributed by atoms with Crippen molar-refractivity contribution in [2.75, 3.05) is 5.43 Å². The van der Waals surface area contributed by atoms with Gasteiger partial charge >= 0.3 is 0 Å². The summed E-state index contributed by atoms with van der Waals surface area (Å²) in [5, 5.41) is -0.283. The molecule has 3 aromatic rings. The molecule has 7 heteroatoms. The summed E-state index contributed by atoms with van der Waals surface area (Å²) >= 11 is 0.937. The lowest BCUT2D eigenvalue weighted by Gasteiger charge is -2.12. The Kier molecular flexibility index (Phi) is 6.01. The number of nitrogens with one attached hydrogen (secondary N) is 1. The van der Waals surface area contributed by atoms with Gasteiger partial charge in [-0.05, 0) is 67.9 Å². The van der Waals surface area contributed by atoms with E-state index < -0.39 is 0 Å². The van der Waals surface area contributed by atoms with E-state index in [1.807, 2.05) is 69.3 Å². The third kappa shape index (κ3) is 4.38. The number of carbonyl (C=O) groups is 3. The van der Waals surface area contributed by atoms with Crippen molar-refractivity contribution in [2.45, 2.75) is 27.3 Å². The molecule has 3 amide bonds. The van der Waals surface area contributed by atoms with E-state index in [-0.39, 0.29) is 23.6 Å². The monoisotopic (exact) mass is 445 g/mol. The summed E-state index contributed by atoms with van der Waals surface area (Å²) in [5.74, 6) is -0.531. The summed E-state index contributed by atoms with van der Waals surface area (Å²) in [6.07, 6.45) is 1.72. The van der Waals surface area contributed by atoms with Crippen LogP contribution in [0.2, 0.25) is 0 Å². The Morgan fingerprint density at radius 1 is 1.00 bits per heavy atom. The molecular formula is C25H23N3O3S. The number of rotatable bonds is 5. The predicted octanol–water partition coefficient (Wildman–Crippen LogP) is 5.03. The highest BCUT2D eigenvalue weighted by Crippen LogP contribution is 2.34. The maximum absolute atomic E-state index is 12.9. The van der Waals surface area contributed by atoms with Crippen LogP contribution in [0.1, 0.15) is 38.4 Å². The zero-order valence-corrected chi connectivity index (χ0v) is 18.9. The van der Waals surface area contributed by atoms with Crippen molar-refractivity contribution in [3.05, 3.63) is 99.2 Å². The Hall–Kier alpha value is -3.58. The van der Waals surface area contributed by atoms with Crippen molar-refractivity contribution in [3.8, 4) is 0 Å². The van der Waals surface area contributed by atoms with Crippen molar-refractivity contribution in [2.24, 2.45) is 0 Å². The van der Waals surface area contributed by atoms with Crippen LogP contribution in [0.4, 0.5) is 4.79 Å². The van der Waals surface area contributed by atoms with E-state index in [1.165, 1.54) is 4.90 Å². The molecule has 1 aromatic heterocycles. The molecule has 0 aliphatic carbocycles. The summed E-state index contributed by atoms with van der Waals surface area (Å²) in [6.45, 7) is 5.96. The summed E-state index contributed by atoms with van der Waals surface area (Å²) < 4.78 is 1.69. The van der Waals surface area contributed by atoms with E-state index in [0.717, 1.165) is 39.8 Å². The molecule has 162 valence electrons. The summed E-state index contributed by atoms with van der Waals surface area (Å²) in [7, 11) is 0. The van der Waals surface area contributed by atoms with Crippen molar-refractivity contribution in [1.29, 1.82) is 0 Å². The number of benzene rings is 2. The fraction of sp³-hybridized carbons (Fsp3) is 0.160. The third-order valence-corrected chi connectivity index (χ3v) is 6.21. The maximum atomic E-state index is 12.9. The van der Waals surface area contributed by atoms with Crippen LogP contribution in [-0.2, 0) is 11.3 Å². The van der Waals surface area contributed by atoms with E-state index in [0.29, 0.717) is 10.5 Å². The lowest BCUT2D eigenvalue weighted by Crippen LogP contribution is -2.27. The largest absolute Gasteiger partial charge is 0.293 e. The van der Waals surface area contributed by atoms with Gasteiger partial charge in [-0.1, -0.05) is 48.0 Å². The van der Waals surface area contributed by atoms with E-state index in [2.05, 4.69) is 5.43 Å². The Bertz CT molecular complexity index is 1240. The minimum atomic E-state index is -0.306. The topological polar surface area (TPSA) is 71.4 Å². The van der Waals surface area contributed by atoms with E-state index in [4.69, 9.17) is 0 Å². The van der Waals surface area contributed by atoms with Crippen LogP contribution < -0.4 is 5.43 Å². The van der Waals surface area contributed by atoms with Crippen LogP contribution in [0.5, 0.6) is 0 Å². The van der Waals surface area contributed by atoms with E-state index >= 15 is 0 Å². The Morgan fingerprint density at radius 2 is 1.75 bits per heavy atom. The molecule has 0 unspecified atom stereocenters. The third-order valence-electron chi connectivity index (χ3n) is 5.30. The number of imide groups is 1. The van der Waals surface area contributed by atoms with Gasteiger partial charge in [0.05, 0.1) is 11.4 Å². The first kappa shape index (κ1) is 21.6. The van der Waals surface area contributed by atoms with Gasteiger partial charge in [0.2, 0.25) is 0 Å². The van der Waals surface area contributed by atoms with Crippen LogP contribution in [0.25, 0.3) is 6.08 Å². The van der Waals surface area contributed by atoms with Crippen LogP contribution in [0, 0.1) is 20.8 Å². The molecule has 1 aliphatic heterocycles. The molecule has 1 N–H and O–H groups in total. The molecule has 0 radical (unpaired) electrons. The van der Waals surface area contributed by atoms with Gasteiger partial charge in [0.1, 0.15) is 0 Å². The van der Waals surface area contributed by atoms with E-state index in [1.54, 1.807) is 22.9 Å². The number of hydrogen-bond acceptors (Lipinski definition) is 4. The number of nitrogens with zero attached hydrogens (tertiary/aromatic N) is 2. The van der Waals surface area contributed by atoms with Crippen molar-refractivity contribution in [3.63, 3.8) is 0 Å². The number of hydrogen-bond donors (Lipinski definition) is 1. The van der Waals surface area contributed by atoms with Crippen LogP contribution in [-0.4, -0.2) is 26.6 Å². The fourth-order valence-corrected chi connectivity index (χ4v) is 4.46. The molecule has 32 heavy (non-hydrogen) atoms. The molecule has 1 saturated heterocycles. The molecule has 0 spiro atoms. The first-order valence-electron chi connectivity index (χ1n) is 10.2.